The molecule has 0 aromatic heterocycles. The van der Waals surface area contributed by atoms with Gasteiger partial charge in [0.25, 0.3) is 5.91 Å². The summed E-state index contributed by atoms with van der Waals surface area (Å²) in [6, 6.07) is 11.6. The normalized spacial score (nSPS) is 11.7. The molecule has 0 unspecified atom stereocenters. The van der Waals surface area contributed by atoms with Gasteiger partial charge in [0, 0.05) is 11.7 Å². The molecule has 6 nitrogen and oxygen atoms in total. The van der Waals surface area contributed by atoms with Crippen LogP contribution in [-0.2, 0) is 14.8 Å². The monoisotopic (exact) mass is 404 g/mol. The van der Waals surface area contributed by atoms with E-state index in [9.17, 15) is 13.2 Å². The van der Waals surface area contributed by atoms with Gasteiger partial charge in [-0.05, 0) is 74.2 Å². The van der Waals surface area contributed by atoms with Crippen LogP contribution in [0.25, 0.3) is 0 Å². The fourth-order valence-electron chi connectivity index (χ4n) is 2.83. The lowest BCUT2D eigenvalue weighted by molar-refractivity contribution is -0.118. The van der Waals surface area contributed by atoms with Gasteiger partial charge in [-0.15, -0.1) is 0 Å². The number of anilines is 1. The third kappa shape index (κ3) is 6.07. The molecule has 0 aliphatic carbocycles. The minimum Gasteiger partial charge on any atom is -0.484 e. The molecule has 0 saturated heterocycles. The van der Waals surface area contributed by atoms with Gasteiger partial charge in [-0.25, -0.2) is 13.1 Å². The van der Waals surface area contributed by atoms with Crippen LogP contribution in [0.4, 0.5) is 5.69 Å². The van der Waals surface area contributed by atoms with Crippen molar-refractivity contribution in [2.75, 3.05) is 11.9 Å². The molecule has 2 N–H and O–H groups in total. The number of carbonyl (C=O) groups is 1. The van der Waals surface area contributed by atoms with Gasteiger partial charge in [0.2, 0.25) is 10.0 Å². The summed E-state index contributed by atoms with van der Waals surface area (Å²) in [5.74, 6) is 0.750. The fraction of sp³-hybridized carbons (Fsp3) is 0.381. The van der Waals surface area contributed by atoms with Crippen LogP contribution in [0.5, 0.6) is 5.75 Å². The van der Waals surface area contributed by atoms with E-state index in [0.29, 0.717) is 17.4 Å². The maximum Gasteiger partial charge on any atom is 0.262 e. The summed E-state index contributed by atoms with van der Waals surface area (Å²) in [5.41, 5.74) is 2.88. The molecule has 0 atom stereocenters. The Balaban J connectivity index is 1.94. The summed E-state index contributed by atoms with van der Waals surface area (Å²) in [4.78, 5) is 12.3. The summed E-state index contributed by atoms with van der Waals surface area (Å²) in [7, 11) is -3.55. The topological polar surface area (TPSA) is 84.5 Å². The van der Waals surface area contributed by atoms with E-state index >= 15 is 0 Å². The van der Waals surface area contributed by atoms with Crippen LogP contribution in [0, 0.1) is 6.92 Å². The third-order valence-corrected chi connectivity index (χ3v) is 5.75. The molecule has 0 radical (unpaired) electrons. The predicted molar refractivity (Wildman–Crippen MR) is 111 cm³/mol. The molecule has 2 aromatic rings. The third-order valence-electron chi connectivity index (χ3n) is 4.07. The number of nitrogens with one attached hydrogen (secondary N) is 2. The van der Waals surface area contributed by atoms with Crippen molar-refractivity contribution in [3.05, 3.63) is 53.6 Å². The van der Waals surface area contributed by atoms with Crippen LogP contribution in [-0.4, -0.2) is 27.0 Å². The molecule has 0 bridgehead atoms. The number of rotatable bonds is 8. The van der Waals surface area contributed by atoms with E-state index in [0.717, 1.165) is 5.56 Å². The number of carbonyl (C=O) groups excluding carboxylic acids is 1. The Morgan fingerprint density at radius 3 is 2.21 bits per heavy atom. The molecule has 2 rings (SSSR count). The maximum absolute atomic E-state index is 12.1. The van der Waals surface area contributed by atoms with Crippen molar-refractivity contribution in [2.24, 2.45) is 0 Å². The predicted octanol–water partition coefficient (Wildman–Crippen LogP) is 3.82. The fourth-order valence-corrected chi connectivity index (χ4v) is 4.08. The van der Waals surface area contributed by atoms with Crippen molar-refractivity contribution in [2.45, 2.75) is 51.5 Å². The van der Waals surface area contributed by atoms with Gasteiger partial charge in [-0.1, -0.05) is 19.9 Å². The standard InChI is InChI=1S/C21H28N2O4S/c1-14(2)20-11-8-18(12-16(20)5)27-13-21(24)22-17-6-9-19(10-7-17)28(25,26)23-15(3)4/h6-12,14-15,23H,13H2,1-5H3,(H,22,24). The van der Waals surface area contributed by atoms with E-state index in [1.807, 2.05) is 25.1 Å². The summed E-state index contributed by atoms with van der Waals surface area (Å²) in [6.07, 6.45) is 0. The molecule has 152 valence electrons. The summed E-state index contributed by atoms with van der Waals surface area (Å²) in [5, 5.41) is 2.70. The number of sulfonamides is 1. The molecule has 0 aliphatic heterocycles. The van der Waals surface area contributed by atoms with Crippen LogP contribution < -0.4 is 14.8 Å². The number of amides is 1. The lowest BCUT2D eigenvalue weighted by Gasteiger charge is -2.13. The van der Waals surface area contributed by atoms with Gasteiger partial charge in [0.05, 0.1) is 4.90 Å². The second kappa shape index (κ2) is 9.21. The summed E-state index contributed by atoms with van der Waals surface area (Å²) in [6.45, 7) is 9.66. The highest BCUT2D eigenvalue weighted by Gasteiger charge is 2.15. The second-order valence-corrected chi connectivity index (χ2v) is 9.02. The summed E-state index contributed by atoms with van der Waals surface area (Å²) < 4.78 is 32.3. The molecule has 0 fully saturated rings. The summed E-state index contributed by atoms with van der Waals surface area (Å²) >= 11 is 0. The highest BCUT2D eigenvalue weighted by molar-refractivity contribution is 7.89. The van der Waals surface area contributed by atoms with Gasteiger partial charge < -0.3 is 10.1 Å². The zero-order valence-electron chi connectivity index (χ0n) is 16.9. The number of benzene rings is 2. The molecule has 0 saturated carbocycles. The molecule has 2 aromatic carbocycles. The van der Waals surface area contributed by atoms with E-state index in [4.69, 9.17) is 4.74 Å². The Kier molecular flexibility index (Phi) is 7.21. The Bertz CT molecular complexity index is 920. The first-order chi connectivity index (χ1) is 13.1. The molecule has 0 spiro atoms. The highest BCUT2D eigenvalue weighted by atomic mass is 32.2. The quantitative estimate of drug-likeness (QED) is 0.700. The number of hydrogen-bond donors (Lipinski definition) is 2. The van der Waals surface area contributed by atoms with E-state index in [1.54, 1.807) is 26.0 Å². The van der Waals surface area contributed by atoms with E-state index in [2.05, 4.69) is 23.9 Å². The first-order valence-corrected chi connectivity index (χ1v) is 10.7. The Morgan fingerprint density at radius 1 is 1.04 bits per heavy atom. The average Bonchev–Trinajstić information content (AvgIpc) is 2.59. The Morgan fingerprint density at radius 2 is 1.68 bits per heavy atom. The molecular formula is C21H28N2O4S. The molecule has 0 heterocycles. The average molecular weight is 405 g/mol. The largest absolute Gasteiger partial charge is 0.484 e. The number of ether oxygens (including phenoxy) is 1. The van der Waals surface area contributed by atoms with Crippen LogP contribution in [0.15, 0.2) is 47.4 Å². The van der Waals surface area contributed by atoms with E-state index in [1.165, 1.54) is 17.7 Å². The van der Waals surface area contributed by atoms with Gasteiger partial charge >= 0.3 is 0 Å². The lowest BCUT2D eigenvalue weighted by Crippen LogP contribution is -2.30. The zero-order valence-corrected chi connectivity index (χ0v) is 17.8. The van der Waals surface area contributed by atoms with Crippen molar-refractivity contribution >= 4 is 21.6 Å². The smallest absolute Gasteiger partial charge is 0.262 e. The SMILES string of the molecule is Cc1cc(OCC(=O)Nc2ccc(S(=O)(=O)NC(C)C)cc2)ccc1C(C)C. The molecule has 1 amide bonds. The number of hydrogen-bond acceptors (Lipinski definition) is 4. The van der Waals surface area contributed by atoms with Crippen LogP contribution in [0.1, 0.15) is 44.7 Å². The molecule has 28 heavy (non-hydrogen) atoms. The van der Waals surface area contributed by atoms with Gasteiger partial charge in [-0.3, -0.25) is 4.79 Å². The molecular weight excluding hydrogens is 376 g/mol. The van der Waals surface area contributed by atoms with Crippen LogP contribution >= 0.6 is 0 Å². The number of aryl methyl sites for hydroxylation is 1. The van der Waals surface area contributed by atoms with Crippen molar-refractivity contribution in [3.63, 3.8) is 0 Å². The van der Waals surface area contributed by atoms with Gasteiger partial charge in [0.1, 0.15) is 5.75 Å². The second-order valence-electron chi connectivity index (χ2n) is 7.31. The first kappa shape index (κ1) is 21.9. The van der Waals surface area contributed by atoms with E-state index < -0.39 is 10.0 Å². The molecule has 7 heteroatoms. The minimum atomic E-state index is -3.55. The van der Waals surface area contributed by atoms with Crippen molar-refractivity contribution in [1.82, 2.24) is 4.72 Å². The van der Waals surface area contributed by atoms with Crippen LogP contribution in [0.2, 0.25) is 0 Å². The van der Waals surface area contributed by atoms with Crippen LogP contribution in [0.3, 0.4) is 0 Å². The highest BCUT2D eigenvalue weighted by Crippen LogP contribution is 2.23. The van der Waals surface area contributed by atoms with E-state index in [-0.39, 0.29) is 23.5 Å². The lowest BCUT2D eigenvalue weighted by atomic mass is 9.98. The molecule has 0 aliphatic rings. The Hall–Kier alpha value is -2.38. The van der Waals surface area contributed by atoms with Crippen molar-refractivity contribution in [3.8, 4) is 5.75 Å². The van der Waals surface area contributed by atoms with Crippen molar-refractivity contribution < 1.29 is 17.9 Å². The Labute approximate surface area is 167 Å². The van der Waals surface area contributed by atoms with Gasteiger partial charge in [-0.2, -0.15) is 0 Å². The first-order valence-electron chi connectivity index (χ1n) is 9.24. The minimum absolute atomic E-state index is 0.130. The maximum atomic E-state index is 12.1. The van der Waals surface area contributed by atoms with Crippen molar-refractivity contribution in [1.29, 1.82) is 0 Å². The zero-order chi connectivity index (χ0) is 20.9. The van der Waals surface area contributed by atoms with Gasteiger partial charge in [0.15, 0.2) is 6.61 Å².